The monoisotopic (exact) mass is 323 g/mol. The molecule has 3 unspecified atom stereocenters. The number of nitrogens with zero attached hydrogens (tertiary/aromatic N) is 2. The molecule has 1 heterocycles. The number of hydrogen-bond acceptors (Lipinski definition) is 3. The van der Waals surface area contributed by atoms with Crippen LogP contribution >= 0.6 is 15.9 Å². The van der Waals surface area contributed by atoms with Gasteiger partial charge in [0, 0.05) is 12.5 Å². The predicted octanol–water partition coefficient (Wildman–Crippen LogP) is 4.14. The van der Waals surface area contributed by atoms with Gasteiger partial charge in [-0.3, -0.25) is 0 Å². The fraction of sp³-hybridized carbons (Fsp3) is 0.733. The van der Waals surface area contributed by atoms with Crippen molar-refractivity contribution < 1.29 is 0 Å². The quantitative estimate of drug-likeness (QED) is 0.905. The van der Waals surface area contributed by atoms with E-state index in [0.717, 1.165) is 46.6 Å². The van der Waals surface area contributed by atoms with Crippen LogP contribution in [-0.4, -0.2) is 16.5 Å². The highest BCUT2D eigenvalue weighted by Gasteiger charge is 2.41. The molecule has 2 fully saturated rings. The molecule has 0 aromatic carbocycles. The molecule has 0 aliphatic heterocycles. The second kappa shape index (κ2) is 5.39. The average Bonchev–Trinajstić information content (AvgIpc) is 3.03. The topological polar surface area (TPSA) is 37.8 Å². The summed E-state index contributed by atoms with van der Waals surface area (Å²) < 4.78 is 1.05. The molecule has 1 aromatic heterocycles. The highest BCUT2D eigenvalue weighted by molar-refractivity contribution is 9.10. The SMILES string of the molecule is CCNc1nc(C2CC3CCC2C3)nc(CC)c1Br. The standard InChI is InChI=1S/C15H22BrN3/c1-3-12-13(16)15(17-4-2)19-14(18-12)11-8-9-5-6-10(11)7-9/h9-11H,3-8H2,1-2H3,(H,17,18,19). The minimum atomic E-state index is 0.606. The van der Waals surface area contributed by atoms with E-state index in [9.17, 15) is 0 Å². The van der Waals surface area contributed by atoms with Crippen LogP contribution in [0, 0.1) is 11.8 Å². The largest absolute Gasteiger partial charge is 0.369 e. The van der Waals surface area contributed by atoms with Crippen LogP contribution < -0.4 is 5.32 Å². The highest BCUT2D eigenvalue weighted by atomic mass is 79.9. The van der Waals surface area contributed by atoms with E-state index in [2.05, 4.69) is 35.1 Å². The fourth-order valence-corrected chi connectivity index (χ4v) is 4.36. The summed E-state index contributed by atoms with van der Waals surface area (Å²) in [5, 5.41) is 3.36. The van der Waals surface area contributed by atoms with Crippen LogP contribution in [0.3, 0.4) is 0 Å². The third kappa shape index (κ3) is 2.39. The van der Waals surface area contributed by atoms with Crippen molar-refractivity contribution in [2.24, 2.45) is 11.8 Å². The summed E-state index contributed by atoms with van der Waals surface area (Å²) >= 11 is 3.64. The molecule has 1 N–H and O–H groups in total. The first-order valence-electron chi connectivity index (χ1n) is 7.53. The number of anilines is 1. The number of halogens is 1. The molecule has 3 atom stereocenters. The molecule has 2 aliphatic rings. The summed E-state index contributed by atoms with van der Waals surface area (Å²) in [7, 11) is 0. The molecular formula is C15H22BrN3. The summed E-state index contributed by atoms with van der Waals surface area (Å²) in [4.78, 5) is 9.64. The van der Waals surface area contributed by atoms with E-state index >= 15 is 0 Å². The average molecular weight is 324 g/mol. The van der Waals surface area contributed by atoms with Crippen LogP contribution in [0.4, 0.5) is 5.82 Å². The minimum Gasteiger partial charge on any atom is -0.369 e. The molecule has 0 amide bonds. The predicted molar refractivity (Wildman–Crippen MR) is 81.5 cm³/mol. The van der Waals surface area contributed by atoms with E-state index in [4.69, 9.17) is 9.97 Å². The molecule has 0 radical (unpaired) electrons. The van der Waals surface area contributed by atoms with Gasteiger partial charge in [0.1, 0.15) is 11.6 Å². The van der Waals surface area contributed by atoms with Crippen molar-refractivity contribution in [1.29, 1.82) is 0 Å². The zero-order valence-electron chi connectivity index (χ0n) is 11.7. The van der Waals surface area contributed by atoms with Gasteiger partial charge in [0.15, 0.2) is 0 Å². The van der Waals surface area contributed by atoms with Gasteiger partial charge in [-0.15, -0.1) is 0 Å². The zero-order chi connectivity index (χ0) is 13.4. The van der Waals surface area contributed by atoms with Crippen molar-refractivity contribution in [1.82, 2.24) is 9.97 Å². The lowest BCUT2D eigenvalue weighted by Crippen LogP contribution is -2.15. The first-order valence-corrected chi connectivity index (χ1v) is 8.32. The molecular weight excluding hydrogens is 302 g/mol. The van der Waals surface area contributed by atoms with Crippen LogP contribution in [0.15, 0.2) is 4.47 Å². The van der Waals surface area contributed by atoms with Gasteiger partial charge >= 0.3 is 0 Å². The molecule has 3 nitrogen and oxygen atoms in total. The Hall–Kier alpha value is -0.640. The number of aromatic nitrogens is 2. The lowest BCUT2D eigenvalue weighted by Gasteiger charge is -2.22. The second-order valence-corrected chi connectivity index (χ2v) is 6.65. The smallest absolute Gasteiger partial charge is 0.144 e. The van der Waals surface area contributed by atoms with E-state index in [0.29, 0.717) is 5.92 Å². The van der Waals surface area contributed by atoms with E-state index in [-0.39, 0.29) is 0 Å². The summed E-state index contributed by atoms with van der Waals surface area (Å²) in [6.07, 6.45) is 6.48. The molecule has 3 rings (SSSR count). The van der Waals surface area contributed by atoms with E-state index in [1.807, 2.05) is 0 Å². The normalized spacial score (nSPS) is 28.9. The number of aryl methyl sites for hydroxylation is 1. The Balaban J connectivity index is 1.94. The van der Waals surface area contributed by atoms with Crippen molar-refractivity contribution in [3.8, 4) is 0 Å². The van der Waals surface area contributed by atoms with Gasteiger partial charge in [-0.1, -0.05) is 13.3 Å². The van der Waals surface area contributed by atoms with Crippen molar-refractivity contribution in [2.75, 3.05) is 11.9 Å². The number of nitrogens with one attached hydrogen (secondary N) is 1. The Morgan fingerprint density at radius 3 is 2.63 bits per heavy atom. The van der Waals surface area contributed by atoms with E-state index in [1.54, 1.807) is 0 Å². The first kappa shape index (κ1) is 13.3. The van der Waals surface area contributed by atoms with Crippen LogP contribution in [0.5, 0.6) is 0 Å². The van der Waals surface area contributed by atoms with Gasteiger partial charge in [0.05, 0.1) is 10.2 Å². The number of fused-ring (bicyclic) bond motifs is 2. The summed E-state index contributed by atoms with van der Waals surface area (Å²) in [5.74, 6) is 4.45. The number of hydrogen-bond donors (Lipinski definition) is 1. The van der Waals surface area contributed by atoms with E-state index in [1.165, 1.54) is 25.7 Å². The van der Waals surface area contributed by atoms with Crippen LogP contribution in [-0.2, 0) is 6.42 Å². The first-order chi connectivity index (χ1) is 9.22. The molecule has 19 heavy (non-hydrogen) atoms. The third-order valence-electron chi connectivity index (χ3n) is 4.69. The molecule has 0 saturated heterocycles. The van der Waals surface area contributed by atoms with Gasteiger partial charge in [0.2, 0.25) is 0 Å². The molecule has 2 bridgehead atoms. The number of rotatable bonds is 4. The van der Waals surface area contributed by atoms with Crippen molar-refractivity contribution in [2.45, 2.75) is 51.9 Å². The van der Waals surface area contributed by atoms with Crippen LogP contribution in [0.25, 0.3) is 0 Å². The van der Waals surface area contributed by atoms with E-state index < -0.39 is 0 Å². The minimum absolute atomic E-state index is 0.606. The van der Waals surface area contributed by atoms with Crippen LogP contribution in [0.2, 0.25) is 0 Å². The van der Waals surface area contributed by atoms with Gasteiger partial charge in [-0.05, 0) is 60.4 Å². The van der Waals surface area contributed by atoms with Gasteiger partial charge in [0.25, 0.3) is 0 Å². The Labute approximate surface area is 123 Å². The van der Waals surface area contributed by atoms with Gasteiger partial charge in [-0.2, -0.15) is 0 Å². The maximum atomic E-state index is 4.84. The van der Waals surface area contributed by atoms with Crippen molar-refractivity contribution in [3.63, 3.8) is 0 Å². The fourth-order valence-electron chi connectivity index (χ4n) is 3.76. The molecule has 0 spiro atoms. The summed E-state index contributed by atoms with van der Waals surface area (Å²) in [5.41, 5.74) is 1.14. The highest BCUT2D eigenvalue weighted by Crippen LogP contribution is 2.52. The molecule has 2 aliphatic carbocycles. The van der Waals surface area contributed by atoms with Crippen LogP contribution in [0.1, 0.15) is 57.0 Å². The molecule has 4 heteroatoms. The Kier molecular flexibility index (Phi) is 3.79. The lowest BCUT2D eigenvalue weighted by molar-refractivity contribution is 0.404. The Bertz CT molecular complexity index is 475. The van der Waals surface area contributed by atoms with Crippen molar-refractivity contribution >= 4 is 21.7 Å². The van der Waals surface area contributed by atoms with Gasteiger partial charge < -0.3 is 5.32 Å². The second-order valence-electron chi connectivity index (χ2n) is 5.86. The molecule has 2 saturated carbocycles. The Morgan fingerprint density at radius 1 is 1.21 bits per heavy atom. The zero-order valence-corrected chi connectivity index (χ0v) is 13.3. The maximum Gasteiger partial charge on any atom is 0.144 e. The summed E-state index contributed by atoms with van der Waals surface area (Å²) in [6.45, 7) is 5.17. The van der Waals surface area contributed by atoms with Crippen molar-refractivity contribution in [3.05, 3.63) is 16.0 Å². The Morgan fingerprint density at radius 2 is 2.05 bits per heavy atom. The lowest BCUT2D eigenvalue weighted by atomic mass is 9.88. The van der Waals surface area contributed by atoms with Gasteiger partial charge in [-0.25, -0.2) is 9.97 Å². The summed E-state index contributed by atoms with van der Waals surface area (Å²) in [6, 6.07) is 0. The third-order valence-corrected chi connectivity index (χ3v) is 5.52. The maximum absolute atomic E-state index is 4.84. The molecule has 104 valence electrons. The molecule has 1 aromatic rings.